The van der Waals surface area contributed by atoms with E-state index in [-0.39, 0.29) is 6.04 Å². The third-order valence-corrected chi connectivity index (χ3v) is 5.39. The number of nitrogens with one attached hydrogen (secondary N) is 1. The number of hydrogen-bond donors (Lipinski definition) is 2. The summed E-state index contributed by atoms with van der Waals surface area (Å²) < 4.78 is 1.98. The summed E-state index contributed by atoms with van der Waals surface area (Å²) in [6, 6.07) is 11.6. The van der Waals surface area contributed by atoms with E-state index < -0.39 is 5.60 Å². The molecule has 5 nitrogen and oxygen atoms in total. The minimum Gasteiger partial charge on any atom is -0.385 e. The largest absolute Gasteiger partial charge is 0.385 e. The van der Waals surface area contributed by atoms with Gasteiger partial charge in [0.1, 0.15) is 12.3 Å². The number of hydrogen-bond acceptors (Lipinski definition) is 4. The molecule has 2 aliphatic heterocycles. The van der Waals surface area contributed by atoms with E-state index in [1.165, 1.54) is 0 Å². The number of aliphatic hydroxyl groups is 1. The standard InChI is InChI=1S/C20H23N3O2/c1-22-11-8-20(25,9-12-22)16-6-4-15(5-7-16)17-13-23-10-2-3-19(23)18(14-24)21-17/h2-7,10,13-14,18,21,25H,8-9,11-12H2,1H3. The van der Waals surface area contributed by atoms with Crippen LogP contribution in [-0.4, -0.2) is 41.0 Å². The number of rotatable bonds is 3. The average Bonchev–Trinajstić information content (AvgIpc) is 3.12. The molecule has 0 aliphatic carbocycles. The minimum absolute atomic E-state index is 0.340. The molecule has 2 N–H and O–H groups in total. The zero-order valence-corrected chi connectivity index (χ0v) is 14.4. The number of fused-ring (bicyclic) bond motifs is 1. The summed E-state index contributed by atoms with van der Waals surface area (Å²) in [5, 5.41) is 14.2. The summed E-state index contributed by atoms with van der Waals surface area (Å²) in [5.41, 5.74) is 3.08. The van der Waals surface area contributed by atoms with Gasteiger partial charge in [-0.25, -0.2) is 0 Å². The van der Waals surface area contributed by atoms with Crippen LogP contribution in [0.4, 0.5) is 0 Å². The van der Waals surface area contributed by atoms with Gasteiger partial charge in [0.2, 0.25) is 0 Å². The Kier molecular flexibility index (Phi) is 3.98. The third-order valence-electron chi connectivity index (χ3n) is 5.39. The first-order valence-corrected chi connectivity index (χ1v) is 8.71. The van der Waals surface area contributed by atoms with Gasteiger partial charge in [-0.05, 0) is 43.1 Å². The second-order valence-electron chi connectivity index (χ2n) is 7.05. The first-order chi connectivity index (χ1) is 12.1. The Labute approximate surface area is 147 Å². The van der Waals surface area contributed by atoms with Crippen molar-refractivity contribution in [1.29, 1.82) is 0 Å². The first-order valence-electron chi connectivity index (χ1n) is 8.71. The molecule has 1 fully saturated rings. The van der Waals surface area contributed by atoms with Crippen LogP contribution in [0.5, 0.6) is 0 Å². The second kappa shape index (κ2) is 6.17. The lowest BCUT2D eigenvalue weighted by atomic mass is 9.84. The van der Waals surface area contributed by atoms with Crippen molar-refractivity contribution in [1.82, 2.24) is 14.8 Å². The highest BCUT2D eigenvalue weighted by molar-refractivity contribution is 5.80. The lowest BCUT2D eigenvalue weighted by molar-refractivity contribution is -0.109. The van der Waals surface area contributed by atoms with E-state index in [0.29, 0.717) is 0 Å². The van der Waals surface area contributed by atoms with Gasteiger partial charge in [0, 0.05) is 25.5 Å². The Morgan fingerprint density at radius 1 is 1.20 bits per heavy atom. The van der Waals surface area contributed by atoms with Crippen molar-refractivity contribution >= 4 is 18.2 Å². The Morgan fingerprint density at radius 3 is 2.60 bits per heavy atom. The second-order valence-corrected chi connectivity index (χ2v) is 7.05. The molecule has 1 saturated heterocycles. The highest BCUT2D eigenvalue weighted by atomic mass is 16.3. The van der Waals surface area contributed by atoms with Crippen LogP contribution in [0, 0.1) is 0 Å². The quantitative estimate of drug-likeness (QED) is 0.843. The Balaban J connectivity index is 1.60. The van der Waals surface area contributed by atoms with Crippen LogP contribution < -0.4 is 5.32 Å². The summed E-state index contributed by atoms with van der Waals surface area (Å²) in [4.78, 5) is 13.6. The van der Waals surface area contributed by atoms with Crippen LogP contribution in [0.15, 0.2) is 42.6 Å². The van der Waals surface area contributed by atoms with E-state index >= 15 is 0 Å². The first kappa shape index (κ1) is 16.1. The van der Waals surface area contributed by atoms with Gasteiger partial charge < -0.3 is 24.7 Å². The topological polar surface area (TPSA) is 57.5 Å². The van der Waals surface area contributed by atoms with Crippen LogP contribution in [0.25, 0.3) is 11.9 Å². The third kappa shape index (κ3) is 2.90. The van der Waals surface area contributed by atoms with Gasteiger partial charge >= 0.3 is 0 Å². The summed E-state index contributed by atoms with van der Waals surface area (Å²) >= 11 is 0. The van der Waals surface area contributed by atoms with E-state index in [1.807, 2.05) is 53.4 Å². The lowest BCUT2D eigenvalue weighted by Gasteiger charge is -2.37. The molecule has 1 unspecified atom stereocenters. The van der Waals surface area contributed by atoms with Crippen molar-refractivity contribution in [2.24, 2.45) is 0 Å². The summed E-state index contributed by atoms with van der Waals surface area (Å²) in [6.07, 6.45) is 6.37. The Morgan fingerprint density at radius 2 is 1.92 bits per heavy atom. The molecule has 5 heteroatoms. The maximum absolute atomic E-state index is 11.4. The van der Waals surface area contributed by atoms with E-state index in [0.717, 1.165) is 54.7 Å². The molecule has 2 aliphatic rings. The molecule has 2 aromatic rings. The van der Waals surface area contributed by atoms with Gasteiger partial charge in [0.15, 0.2) is 0 Å². The lowest BCUT2D eigenvalue weighted by Crippen LogP contribution is -2.40. The Bertz CT molecular complexity index is 799. The maximum atomic E-state index is 11.4. The molecule has 130 valence electrons. The molecule has 1 aromatic heterocycles. The SMILES string of the molecule is CN1CCC(O)(c2ccc(C3=Cn4cccc4C(C=O)N3)cc2)CC1. The van der Waals surface area contributed by atoms with Crippen LogP contribution in [-0.2, 0) is 10.4 Å². The fourth-order valence-electron chi connectivity index (χ4n) is 3.70. The molecule has 0 radical (unpaired) electrons. The highest BCUT2D eigenvalue weighted by Gasteiger charge is 2.33. The van der Waals surface area contributed by atoms with Gasteiger partial charge in [-0.15, -0.1) is 0 Å². The normalized spacial score (nSPS) is 22.6. The molecule has 0 saturated carbocycles. The van der Waals surface area contributed by atoms with Crippen LogP contribution in [0.3, 0.4) is 0 Å². The predicted octanol–water partition coefficient (Wildman–Crippen LogP) is 2.20. The van der Waals surface area contributed by atoms with Crippen molar-refractivity contribution in [3.63, 3.8) is 0 Å². The van der Waals surface area contributed by atoms with Gasteiger partial charge in [0.25, 0.3) is 0 Å². The monoisotopic (exact) mass is 337 g/mol. The fourth-order valence-corrected chi connectivity index (χ4v) is 3.70. The minimum atomic E-state index is -0.738. The van der Waals surface area contributed by atoms with Gasteiger partial charge in [0.05, 0.1) is 17.0 Å². The zero-order chi connectivity index (χ0) is 17.4. The maximum Gasteiger partial charge on any atom is 0.148 e. The highest BCUT2D eigenvalue weighted by Crippen LogP contribution is 2.33. The number of carbonyl (C=O) groups excluding carboxylic acids is 1. The van der Waals surface area contributed by atoms with E-state index in [1.54, 1.807) is 0 Å². The fraction of sp³-hybridized carbons (Fsp3) is 0.350. The van der Waals surface area contributed by atoms with Crippen molar-refractivity contribution < 1.29 is 9.90 Å². The van der Waals surface area contributed by atoms with E-state index in [4.69, 9.17) is 0 Å². The average molecular weight is 337 g/mol. The van der Waals surface area contributed by atoms with Gasteiger partial charge in [-0.1, -0.05) is 24.3 Å². The number of aromatic nitrogens is 1. The number of carbonyl (C=O) groups is 1. The molecule has 0 bridgehead atoms. The molecular formula is C20H23N3O2. The van der Waals surface area contributed by atoms with Crippen LogP contribution in [0.1, 0.15) is 35.7 Å². The number of aldehydes is 1. The van der Waals surface area contributed by atoms with Crippen LogP contribution in [0.2, 0.25) is 0 Å². The number of benzene rings is 1. The molecule has 3 heterocycles. The van der Waals surface area contributed by atoms with E-state index in [9.17, 15) is 9.90 Å². The van der Waals surface area contributed by atoms with E-state index in [2.05, 4.69) is 17.3 Å². The van der Waals surface area contributed by atoms with Crippen LogP contribution >= 0.6 is 0 Å². The Hall–Kier alpha value is -2.37. The van der Waals surface area contributed by atoms with Crippen molar-refractivity contribution in [3.8, 4) is 0 Å². The summed E-state index contributed by atoms with van der Waals surface area (Å²) in [5.74, 6) is 0. The number of piperidine rings is 1. The molecule has 0 spiro atoms. The smallest absolute Gasteiger partial charge is 0.148 e. The number of likely N-dealkylation sites (tertiary alicyclic amines) is 1. The summed E-state index contributed by atoms with van der Waals surface area (Å²) in [6.45, 7) is 1.81. The molecule has 25 heavy (non-hydrogen) atoms. The van der Waals surface area contributed by atoms with Gasteiger partial charge in [-0.2, -0.15) is 0 Å². The van der Waals surface area contributed by atoms with Crippen molar-refractivity contribution in [3.05, 3.63) is 59.4 Å². The molecule has 0 amide bonds. The number of nitrogens with zero attached hydrogens (tertiary/aromatic N) is 2. The summed E-state index contributed by atoms with van der Waals surface area (Å²) in [7, 11) is 2.09. The molecule has 1 atom stereocenters. The van der Waals surface area contributed by atoms with Crippen molar-refractivity contribution in [2.45, 2.75) is 24.5 Å². The predicted molar refractivity (Wildman–Crippen MR) is 97.6 cm³/mol. The van der Waals surface area contributed by atoms with Crippen molar-refractivity contribution in [2.75, 3.05) is 20.1 Å². The zero-order valence-electron chi connectivity index (χ0n) is 14.4. The molecule has 1 aromatic carbocycles. The van der Waals surface area contributed by atoms with Gasteiger partial charge in [-0.3, -0.25) is 0 Å². The molecule has 4 rings (SSSR count). The molecular weight excluding hydrogens is 314 g/mol.